The average molecular weight is 265 g/mol. The number of piperidine rings is 1. The van der Waals surface area contributed by atoms with E-state index in [1.807, 2.05) is 36.0 Å². The molecule has 18 heavy (non-hydrogen) atoms. The first kappa shape index (κ1) is 13.4. The minimum absolute atomic E-state index is 0.273. The van der Waals surface area contributed by atoms with Crippen molar-refractivity contribution in [3.8, 4) is 0 Å². The summed E-state index contributed by atoms with van der Waals surface area (Å²) in [7, 11) is 1.40. The van der Waals surface area contributed by atoms with Crippen molar-refractivity contribution in [1.29, 1.82) is 0 Å². The Morgan fingerprint density at radius 3 is 2.83 bits per heavy atom. The van der Waals surface area contributed by atoms with Crippen molar-refractivity contribution in [3.63, 3.8) is 0 Å². The van der Waals surface area contributed by atoms with Gasteiger partial charge in [-0.3, -0.25) is 0 Å². The lowest BCUT2D eigenvalue weighted by atomic mass is 10.1. The Morgan fingerprint density at radius 2 is 2.22 bits per heavy atom. The van der Waals surface area contributed by atoms with E-state index >= 15 is 0 Å². The van der Waals surface area contributed by atoms with E-state index in [-0.39, 0.29) is 5.97 Å². The Bertz CT molecular complexity index is 385. The van der Waals surface area contributed by atoms with Gasteiger partial charge in [0.2, 0.25) is 0 Å². The molecule has 1 saturated heterocycles. The molecule has 98 valence electrons. The molecule has 3 nitrogen and oxygen atoms in total. The lowest BCUT2D eigenvalue weighted by Gasteiger charge is -2.22. The summed E-state index contributed by atoms with van der Waals surface area (Å²) in [5, 5.41) is 4.14. The van der Waals surface area contributed by atoms with Crippen molar-refractivity contribution >= 4 is 17.7 Å². The Hall–Kier alpha value is -1.00. The predicted molar refractivity (Wildman–Crippen MR) is 75.0 cm³/mol. The molecule has 4 heteroatoms. The zero-order valence-electron chi connectivity index (χ0n) is 10.6. The highest BCUT2D eigenvalue weighted by atomic mass is 32.2. The van der Waals surface area contributed by atoms with Gasteiger partial charge in [-0.05, 0) is 37.1 Å². The van der Waals surface area contributed by atoms with Crippen LogP contribution in [0.3, 0.4) is 0 Å². The molecule has 1 aromatic carbocycles. The van der Waals surface area contributed by atoms with E-state index in [0.29, 0.717) is 5.56 Å². The summed E-state index contributed by atoms with van der Waals surface area (Å²) < 4.78 is 4.68. The molecule has 0 radical (unpaired) electrons. The van der Waals surface area contributed by atoms with Gasteiger partial charge in [0.05, 0.1) is 12.7 Å². The van der Waals surface area contributed by atoms with E-state index in [4.69, 9.17) is 0 Å². The van der Waals surface area contributed by atoms with Crippen LogP contribution in [-0.4, -0.2) is 31.4 Å². The molecular weight excluding hydrogens is 246 g/mol. The predicted octanol–water partition coefficient (Wildman–Crippen LogP) is 2.46. The number of hydrogen-bond acceptors (Lipinski definition) is 4. The maximum Gasteiger partial charge on any atom is 0.337 e. The van der Waals surface area contributed by atoms with Gasteiger partial charge in [-0.15, -0.1) is 0 Å². The monoisotopic (exact) mass is 265 g/mol. The Balaban J connectivity index is 1.84. The summed E-state index contributed by atoms with van der Waals surface area (Å²) in [4.78, 5) is 11.3. The summed E-state index contributed by atoms with van der Waals surface area (Å²) in [5.74, 6) is 0.735. The Morgan fingerprint density at radius 1 is 1.44 bits per heavy atom. The molecule has 1 atom stereocenters. The first-order valence-corrected chi connectivity index (χ1v) is 7.34. The highest BCUT2D eigenvalue weighted by molar-refractivity contribution is 7.99. The number of ether oxygens (including phenoxy) is 1. The van der Waals surface area contributed by atoms with Gasteiger partial charge in [-0.2, -0.15) is 11.8 Å². The van der Waals surface area contributed by atoms with Crippen LogP contribution in [0, 0.1) is 0 Å². The van der Waals surface area contributed by atoms with Gasteiger partial charge >= 0.3 is 5.97 Å². The average Bonchev–Trinajstić information content (AvgIpc) is 2.46. The molecule has 1 N–H and O–H groups in total. The van der Waals surface area contributed by atoms with Crippen molar-refractivity contribution in [2.24, 2.45) is 0 Å². The molecular formula is C14H19NO2S. The summed E-state index contributed by atoms with van der Waals surface area (Å²) >= 11 is 1.99. The molecule has 0 aliphatic carbocycles. The van der Waals surface area contributed by atoms with Gasteiger partial charge in [0.25, 0.3) is 0 Å². The molecule has 0 amide bonds. The molecule has 1 aromatic rings. The zero-order valence-corrected chi connectivity index (χ0v) is 11.5. The molecule has 0 saturated carbocycles. The minimum atomic E-state index is -0.273. The number of methoxy groups -OCH3 is 1. The van der Waals surface area contributed by atoms with Crippen LogP contribution in [-0.2, 0) is 10.5 Å². The van der Waals surface area contributed by atoms with E-state index in [9.17, 15) is 4.79 Å². The fourth-order valence-corrected chi connectivity index (χ4v) is 3.22. The van der Waals surface area contributed by atoms with Gasteiger partial charge in [0.15, 0.2) is 0 Å². The number of carbonyl (C=O) groups excluding carboxylic acids is 1. The fraction of sp³-hybridized carbons (Fsp3) is 0.500. The minimum Gasteiger partial charge on any atom is -0.465 e. The summed E-state index contributed by atoms with van der Waals surface area (Å²) in [6.45, 7) is 2.27. The van der Waals surface area contributed by atoms with Gasteiger partial charge in [0, 0.05) is 17.5 Å². The van der Waals surface area contributed by atoms with Crippen LogP contribution in [0.1, 0.15) is 28.8 Å². The van der Waals surface area contributed by atoms with E-state index < -0.39 is 0 Å². The van der Waals surface area contributed by atoms with Gasteiger partial charge < -0.3 is 10.1 Å². The number of nitrogens with one attached hydrogen (secondary N) is 1. The van der Waals surface area contributed by atoms with Crippen molar-refractivity contribution < 1.29 is 9.53 Å². The molecule has 1 heterocycles. The van der Waals surface area contributed by atoms with Gasteiger partial charge in [-0.25, -0.2) is 4.79 Å². The summed E-state index contributed by atoms with van der Waals surface area (Å²) in [6.07, 6.45) is 2.58. The van der Waals surface area contributed by atoms with Crippen molar-refractivity contribution in [2.45, 2.75) is 23.8 Å². The third kappa shape index (κ3) is 3.75. The Labute approximate surface area is 112 Å². The molecule has 1 unspecified atom stereocenters. The van der Waals surface area contributed by atoms with Crippen LogP contribution in [0.4, 0.5) is 0 Å². The molecule has 0 bridgehead atoms. The van der Waals surface area contributed by atoms with Crippen molar-refractivity contribution in [3.05, 3.63) is 35.4 Å². The largest absolute Gasteiger partial charge is 0.465 e. The second kappa shape index (κ2) is 6.81. The smallest absolute Gasteiger partial charge is 0.337 e. The van der Waals surface area contributed by atoms with Crippen LogP contribution in [0.5, 0.6) is 0 Å². The van der Waals surface area contributed by atoms with Crippen LogP contribution >= 0.6 is 11.8 Å². The van der Waals surface area contributed by atoms with E-state index in [0.717, 1.165) is 24.1 Å². The number of hydrogen-bond donors (Lipinski definition) is 1. The highest BCUT2D eigenvalue weighted by Gasteiger charge is 2.13. The number of esters is 1. The lowest BCUT2D eigenvalue weighted by Crippen LogP contribution is -2.31. The molecule has 1 aliphatic rings. The third-order valence-corrected chi connectivity index (χ3v) is 4.49. The highest BCUT2D eigenvalue weighted by Crippen LogP contribution is 2.23. The van der Waals surface area contributed by atoms with Crippen molar-refractivity contribution in [2.75, 3.05) is 20.2 Å². The fourth-order valence-electron chi connectivity index (χ4n) is 2.03. The number of rotatable bonds is 4. The summed E-state index contributed by atoms with van der Waals surface area (Å²) in [5.41, 5.74) is 1.88. The number of thioether (sulfide) groups is 1. The molecule has 0 spiro atoms. The topological polar surface area (TPSA) is 38.3 Å². The van der Waals surface area contributed by atoms with E-state index in [2.05, 4.69) is 10.1 Å². The molecule has 0 aromatic heterocycles. The Kier molecular flexibility index (Phi) is 5.08. The van der Waals surface area contributed by atoms with Gasteiger partial charge in [-0.1, -0.05) is 12.1 Å². The molecule has 2 rings (SSSR count). The normalized spacial score (nSPS) is 19.5. The first-order valence-electron chi connectivity index (χ1n) is 6.29. The number of benzene rings is 1. The second-order valence-corrected chi connectivity index (χ2v) is 5.76. The van der Waals surface area contributed by atoms with Crippen LogP contribution < -0.4 is 5.32 Å². The number of carbonyl (C=O) groups is 1. The van der Waals surface area contributed by atoms with Crippen LogP contribution in [0.2, 0.25) is 0 Å². The van der Waals surface area contributed by atoms with Gasteiger partial charge in [0.1, 0.15) is 0 Å². The van der Waals surface area contributed by atoms with E-state index in [1.54, 1.807) is 0 Å². The molecule has 1 aliphatic heterocycles. The molecule has 1 fully saturated rings. The van der Waals surface area contributed by atoms with Crippen LogP contribution in [0.15, 0.2) is 24.3 Å². The lowest BCUT2D eigenvalue weighted by molar-refractivity contribution is 0.0601. The van der Waals surface area contributed by atoms with Crippen molar-refractivity contribution in [1.82, 2.24) is 5.32 Å². The zero-order chi connectivity index (χ0) is 12.8. The maximum absolute atomic E-state index is 11.3. The SMILES string of the molecule is COC(=O)c1ccc(CSC2CCCNC2)cc1. The summed E-state index contributed by atoms with van der Waals surface area (Å²) in [6, 6.07) is 7.69. The quantitative estimate of drug-likeness (QED) is 0.849. The standard InChI is InChI=1S/C14H19NO2S/c1-17-14(16)12-6-4-11(5-7-12)10-18-13-3-2-8-15-9-13/h4-7,13,15H,2-3,8-10H2,1H3. The van der Waals surface area contributed by atoms with Crippen LogP contribution in [0.25, 0.3) is 0 Å². The third-order valence-electron chi connectivity index (χ3n) is 3.11. The maximum atomic E-state index is 11.3. The van der Waals surface area contributed by atoms with E-state index in [1.165, 1.54) is 25.5 Å². The first-order chi connectivity index (χ1) is 8.79. The second-order valence-electron chi connectivity index (χ2n) is 4.47.